The van der Waals surface area contributed by atoms with Gasteiger partial charge in [0.15, 0.2) is 5.58 Å². The summed E-state index contributed by atoms with van der Waals surface area (Å²) in [6.45, 7) is 0. The second-order valence-corrected chi connectivity index (χ2v) is 10.1. The van der Waals surface area contributed by atoms with Crippen LogP contribution in [0.1, 0.15) is 27.0 Å². The summed E-state index contributed by atoms with van der Waals surface area (Å²) in [5.41, 5.74) is 7.69. The number of thioether (sulfide) groups is 1. The van der Waals surface area contributed by atoms with Gasteiger partial charge >= 0.3 is 0 Å². The molecule has 0 fully saturated rings. The zero-order valence-corrected chi connectivity index (χ0v) is 23.8. The van der Waals surface area contributed by atoms with Gasteiger partial charge < -0.3 is 19.2 Å². The number of oxazole rings is 1. The number of para-hydroxylation sites is 2. The molecule has 0 radical (unpaired) electrons. The highest BCUT2D eigenvalue weighted by Crippen LogP contribution is 2.30. The number of hydrogen-bond donors (Lipinski definition) is 2. The third kappa shape index (κ3) is 7.35. The summed E-state index contributed by atoms with van der Waals surface area (Å²) in [6.07, 6.45) is 1.79. The van der Waals surface area contributed by atoms with Gasteiger partial charge in [-0.2, -0.15) is 5.10 Å². The molecule has 0 aliphatic rings. The van der Waals surface area contributed by atoms with Crippen molar-refractivity contribution >= 4 is 46.6 Å². The van der Waals surface area contributed by atoms with Crippen molar-refractivity contribution in [2.45, 2.75) is 17.4 Å². The molecule has 212 valence electrons. The summed E-state index contributed by atoms with van der Waals surface area (Å²) in [7, 11) is 3.22. The number of benzene rings is 4. The molecule has 0 saturated carbocycles. The summed E-state index contributed by atoms with van der Waals surface area (Å²) in [6, 6.07) is 27.2. The Labute approximate surface area is 246 Å². The van der Waals surface area contributed by atoms with E-state index in [1.807, 2.05) is 66.7 Å². The van der Waals surface area contributed by atoms with Crippen molar-refractivity contribution in [2.75, 3.05) is 19.5 Å². The SMILES string of the molecule is COc1ccc(CC(=O)Nc2ccc(C(=O)NN=Cc3ccc(OC)c(CSc4nc5ccccc5o4)c3)cc2)cc1. The van der Waals surface area contributed by atoms with Crippen molar-refractivity contribution in [2.24, 2.45) is 5.10 Å². The monoisotopic (exact) mass is 580 g/mol. The van der Waals surface area contributed by atoms with E-state index in [1.54, 1.807) is 44.7 Å². The van der Waals surface area contributed by atoms with Gasteiger partial charge in [-0.25, -0.2) is 10.4 Å². The van der Waals surface area contributed by atoms with Crippen LogP contribution in [0.4, 0.5) is 5.69 Å². The number of carbonyl (C=O) groups is 2. The standard InChI is InChI=1S/C32H28N4O5S/c1-39-26-14-7-21(8-15-26)18-30(37)34-25-12-10-23(11-13-25)31(38)36-33-19-22-9-16-28(40-2)24(17-22)20-42-32-35-27-5-3-4-6-29(27)41-32/h3-17,19H,18,20H2,1-2H3,(H,34,37)(H,36,38). The average molecular weight is 581 g/mol. The lowest BCUT2D eigenvalue weighted by Gasteiger charge is -2.08. The molecule has 0 bridgehead atoms. The minimum Gasteiger partial charge on any atom is -0.497 e. The quantitative estimate of drug-likeness (QED) is 0.110. The molecule has 9 nitrogen and oxygen atoms in total. The third-order valence-corrected chi connectivity index (χ3v) is 7.14. The molecular formula is C32H28N4O5S. The van der Waals surface area contributed by atoms with Crippen LogP contribution in [0.5, 0.6) is 11.5 Å². The summed E-state index contributed by atoms with van der Waals surface area (Å²) < 4.78 is 16.4. The molecule has 0 saturated heterocycles. The number of carbonyl (C=O) groups excluding carboxylic acids is 2. The Morgan fingerprint density at radius 1 is 0.952 bits per heavy atom. The molecule has 10 heteroatoms. The van der Waals surface area contributed by atoms with Gasteiger partial charge in [-0.3, -0.25) is 9.59 Å². The number of hydrazone groups is 1. The van der Waals surface area contributed by atoms with Crippen LogP contribution in [0, 0.1) is 0 Å². The van der Waals surface area contributed by atoms with Crippen molar-refractivity contribution in [1.82, 2.24) is 10.4 Å². The summed E-state index contributed by atoms with van der Waals surface area (Å²) in [5, 5.41) is 7.52. The number of amides is 2. The summed E-state index contributed by atoms with van der Waals surface area (Å²) >= 11 is 1.47. The van der Waals surface area contributed by atoms with E-state index in [0.29, 0.717) is 22.2 Å². The molecule has 0 spiro atoms. The highest BCUT2D eigenvalue weighted by molar-refractivity contribution is 7.98. The van der Waals surface area contributed by atoms with E-state index < -0.39 is 0 Å². The zero-order chi connectivity index (χ0) is 29.3. The predicted molar refractivity (Wildman–Crippen MR) is 163 cm³/mol. The first-order valence-electron chi connectivity index (χ1n) is 13.0. The smallest absolute Gasteiger partial charge is 0.271 e. The largest absolute Gasteiger partial charge is 0.497 e. The van der Waals surface area contributed by atoms with Crippen molar-refractivity contribution in [3.05, 3.63) is 113 Å². The fourth-order valence-corrected chi connectivity index (χ4v) is 4.93. The van der Waals surface area contributed by atoms with Gasteiger partial charge in [-0.05, 0) is 77.9 Å². The molecule has 5 aromatic rings. The van der Waals surface area contributed by atoms with Gasteiger partial charge in [0.2, 0.25) is 5.91 Å². The van der Waals surface area contributed by atoms with Crippen LogP contribution in [0.2, 0.25) is 0 Å². The number of methoxy groups -OCH3 is 2. The topological polar surface area (TPSA) is 115 Å². The first kappa shape index (κ1) is 28.4. The van der Waals surface area contributed by atoms with Gasteiger partial charge in [0.1, 0.15) is 17.0 Å². The van der Waals surface area contributed by atoms with E-state index in [4.69, 9.17) is 13.9 Å². The molecule has 5 rings (SSSR count). The lowest BCUT2D eigenvalue weighted by atomic mass is 10.1. The van der Waals surface area contributed by atoms with Gasteiger partial charge in [-0.15, -0.1) is 0 Å². The maximum absolute atomic E-state index is 12.6. The minimum atomic E-state index is -0.373. The lowest BCUT2D eigenvalue weighted by molar-refractivity contribution is -0.115. The van der Waals surface area contributed by atoms with Gasteiger partial charge in [0.25, 0.3) is 11.1 Å². The van der Waals surface area contributed by atoms with Crippen LogP contribution in [-0.4, -0.2) is 37.2 Å². The third-order valence-electron chi connectivity index (χ3n) is 6.26. The number of nitrogens with one attached hydrogen (secondary N) is 2. The number of anilines is 1. The predicted octanol–water partition coefficient (Wildman–Crippen LogP) is 6.08. The molecule has 2 amide bonds. The van der Waals surface area contributed by atoms with E-state index in [1.165, 1.54) is 11.8 Å². The van der Waals surface area contributed by atoms with E-state index in [0.717, 1.165) is 39.3 Å². The van der Waals surface area contributed by atoms with Gasteiger partial charge in [0.05, 0.1) is 26.9 Å². The second kappa shape index (κ2) is 13.5. The Hall–Kier alpha value is -5.09. The summed E-state index contributed by atoms with van der Waals surface area (Å²) in [5.74, 6) is 1.51. The van der Waals surface area contributed by atoms with Crippen LogP contribution in [0.3, 0.4) is 0 Å². The highest BCUT2D eigenvalue weighted by Gasteiger charge is 2.11. The van der Waals surface area contributed by atoms with Crippen LogP contribution >= 0.6 is 11.8 Å². The van der Waals surface area contributed by atoms with Crippen LogP contribution in [-0.2, 0) is 17.0 Å². The van der Waals surface area contributed by atoms with Crippen molar-refractivity contribution in [3.63, 3.8) is 0 Å². The van der Waals surface area contributed by atoms with E-state index in [9.17, 15) is 9.59 Å². The van der Waals surface area contributed by atoms with Crippen molar-refractivity contribution in [3.8, 4) is 11.5 Å². The fraction of sp³-hybridized carbons (Fsp3) is 0.125. The maximum atomic E-state index is 12.6. The van der Waals surface area contributed by atoms with E-state index in [-0.39, 0.29) is 18.2 Å². The van der Waals surface area contributed by atoms with E-state index >= 15 is 0 Å². The second-order valence-electron chi connectivity index (χ2n) is 9.16. The average Bonchev–Trinajstić information content (AvgIpc) is 3.44. The number of hydrogen-bond acceptors (Lipinski definition) is 8. The molecule has 1 aromatic heterocycles. The van der Waals surface area contributed by atoms with Crippen molar-refractivity contribution < 1.29 is 23.5 Å². The first-order chi connectivity index (χ1) is 20.5. The number of fused-ring (bicyclic) bond motifs is 1. The Bertz CT molecular complexity index is 1680. The zero-order valence-electron chi connectivity index (χ0n) is 23.0. The molecule has 0 aliphatic heterocycles. The first-order valence-corrected chi connectivity index (χ1v) is 14.0. The molecule has 4 aromatic carbocycles. The highest BCUT2D eigenvalue weighted by atomic mass is 32.2. The van der Waals surface area contributed by atoms with Gasteiger partial charge in [0, 0.05) is 22.6 Å². The lowest BCUT2D eigenvalue weighted by Crippen LogP contribution is -2.18. The molecule has 42 heavy (non-hydrogen) atoms. The van der Waals surface area contributed by atoms with Crippen LogP contribution < -0.4 is 20.2 Å². The number of aromatic nitrogens is 1. The van der Waals surface area contributed by atoms with E-state index in [2.05, 4.69) is 20.8 Å². The Morgan fingerprint density at radius 3 is 2.48 bits per heavy atom. The number of rotatable bonds is 11. The fourth-order valence-electron chi connectivity index (χ4n) is 4.11. The van der Waals surface area contributed by atoms with Crippen LogP contribution in [0.15, 0.2) is 106 Å². The molecule has 0 unspecified atom stereocenters. The molecule has 1 heterocycles. The normalized spacial score (nSPS) is 11.0. The Balaban J connectivity index is 1.14. The molecule has 0 atom stereocenters. The minimum absolute atomic E-state index is 0.159. The maximum Gasteiger partial charge on any atom is 0.271 e. The molecule has 2 N–H and O–H groups in total. The number of nitrogens with zero attached hydrogens (tertiary/aromatic N) is 2. The summed E-state index contributed by atoms with van der Waals surface area (Å²) in [4.78, 5) is 29.5. The Morgan fingerprint density at radius 2 is 1.74 bits per heavy atom. The molecular weight excluding hydrogens is 552 g/mol. The number of ether oxygens (including phenoxy) is 2. The Kier molecular flexibility index (Phi) is 9.15. The van der Waals surface area contributed by atoms with Crippen LogP contribution in [0.25, 0.3) is 11.1 Å². The van der Waals surface area contributed by atoms with Gasteiger partial charge in [-0.1, -0.05) is 36.0 Å². The molecule has 0 aliphatic carbocycles. The van der Waals surface area contributed by atoms with Crippen molar-refractivity contribution in [1.29, 1.82) is 0 Å².